The van der Waals surface area contributed by atoms with Crippen LogP contribution in [-0.4, -0.2) is 15.0 Å². The zero-order valence-electron chi connectivity index (χ0n) is 11.0. The lowest BCUT2D eigenvalue weighted by molar-refractivity contribution is 0.754. The van der Waals surface area contributed by atoms with E-state index in [1.807, 2.05) is 18.5 Å². The summed E-state index contributed by atoms with van der Waals surface area (Å²) < 4.78 is 2.95. The predicted molar refractivity (Wildman–Crippen MR) is 75.9 cm³/mol. The Morgan fingerprint density at radius 1 is 1.22 bits per heavy atom. The van der Waals surface area contributed by atoms with Crippen molar-refractivity contribution in [3.8, 4) is 5.69 Å². The molecule has 0 radical (unpaired) electrons. The van der Waals surface area contributed by atoms with Gasteiger partial charge in [-0.05, 0) is 51.0 Å². The molecule has 1 atom stereocenters. The molecule has 0 bridgehead atoms. The average molecular weight is 309 g/mol. The number of nitrogens with zero attached hydrogens (tertiary/aromatic N) is 3. The Balaban J connectivity index is 2.63. The fourth-order valence-corrected chi connectivity index (χ4v) is 2.90. The minimum atomic E-state index is -0.102. The molecule has 2 aromatic rings. The van der Waals surface area contributed by atoms with Crippen LogP contribution in [0.25, 0.3) is 5.69 Å². The molecule has 0 aliphatic carbocycles. The van der Waals surface area contributed by atoms with Crippen molar-refractivity contribution in [3.05, 3.63) is 39.1 Å². The van der Waals surface area contributed by atoms with E-state index in [2.05, 4.69) is 52.2 Å². The van der Waals surface area contributed by atoms with Gasteiger partial charge in [0.05, 0.1) is 11.4 Å². The summed E-state index contributed by atoms with van der Waals surface area (Å²) in [5.74, 6) is 0. The van der Waals surface area contributed by atoms with Gasteiger partial charge in [-0.15, -0.1) is 5.10 Å². The van der Waals surface area contributed by atoms with Crippen LogP contribution in [0.3, 0.4) is 0 Å². The van der Waals surface area contributed by atoms with Gasteiger partial charge < -0.3 is 5.73 Å². The topological polar surface area (TPSA) is 56.7 Å². The summed E-state index contributed by atoms with van der Waals surface area (Å²) in [5, 5.41) is 8.40. The van der Waals surface area contributed by atoms with Crippen LogP contribution in [0, 0.1) is 20.8 Å². The zero-order valence-corrected chi connectivity index (χ0v) is 12.6. The maximum atomic E-state index is 5.88. The fraction of sp³-hybridized carbons (Fsp3) is 0.385. The molecule has 1 aromatic carbocycles. The van der Waals surface area contributed by atoms with Gasteiger partial charge in [0, 0.05) is 10.5 Å². The van der Waals surface area contributed by atoms with Gasteiger partial charge in [-0.3, -0.25) is 0 Å². The summed E-state index contributed by atoms with van der Waals surface area (Å²) in [5.41, 5.74) is 11.1. The third kappa shape index (κ3) is 2.20. The Labute approximate surface area is 115 Å². The fourth-order valence-electron chi connectivity index (χ4n) is 2.21. The molecule has 2 N–H and O–H groups in total. The number of halogens is 1. The molecule has 18 heavy (non-hydrogen) atoms. The van der Waals surface area contributed by atoms with E-state index in [9.17, 15) is 0 Å². The molecule has 96 valence electrons. The second kappa shape index (κ2) is 4.82. The first-order valence-electron chi connectivity index (χ1n) is 5.86. The van der Waals surface area contributed by atoms with Gasteiger partial charge >= 0.3 is 0 Å². The molecule has 0 aliphatic heterocycles. The molecule has 1 unspecified atom stereocenters. The van der Waals surface area contributed by atoms with Gasteiger partial charge in [0.1, 0.15) is 5.69 Å². The Morgan fingerprint density at radius 3 is 2.22 bits per heavy atom. The first-order valence-corrected chi connectivity index (χ1v) is 6.66. The molecule has 1 aromatic heterocycles. The third-order valence-electron chi connectivity index (χ3n) is 3.03. The van der Waals surface area contributed by atoms with E-state index >= 15 is 0 Å². The first-order chi connectivity index (χ1) is 8.41. The van der Waals surface area contributed by atoms with Crippen LogP contribution in [0.5, 0.6) is 0 Å². The molecule has 5 heteroatoms. The smallest absolute Gasteiger partial charge is 0.102 e. The van der Waals surface area contributed by atoms with Crippen molar-refractivity contribution in [2.45, 2.75) is 33.7 Å². The number of hydrogen-bond acceptors (Lipinski definition) is 3. The van der Waals surface area contributed by atoms with Gasteiger partial charge in [0.15, 0.2) is 0 Å². The maximum absolute atomic E-state index is 5.88. The molecule has 1 heterocycles. The van der Waals surface area contributed by atoms with Crippen molar-refractivity contribution < 1.29 is 0 Å². The summed E-state index contributed by atoms with van der Waals surface area (Å²) in [4.78, 5) is 0. The predicted octanol–water partition coefficient (Wildman–Crippen LogP) is 2.97. The number of benzene rings is 1. The number of rotatable bonds is 2. The average Bonchev–Trinajstić information content (AvgIpc) is 2.59. The van der Waals surface area contributed by atoms with Crippen LogP contribution in [0.2, 0.25) is 0 Å². The second-order valence-corrected chi connectivity index (χ2v) is 5.56. The van der Waals surface area contributed by atoms with Crippen molar-refractivity contribution in [1.29, 1.82) is 0 Å². The third-order valence-corrected chi connectivity index (χ3v) is 3.49. The molecule has 2 rings (SSSR count). The lowest BCUT2D eigenvalue weighted by atomic mass is 10.1. The minimum absolute atomic E-state index is 0.102. The van der Waals surface area contributed by atoms with Crippen LogP contribution in [0.1, 0.15) is 35.5 Å². The van der Waals surface area contributed by atoms with E-state index in [1.54, 1.807) is 0 Å². The lowest BCUT2D eigenvalue weighted by Crippen LogP contribution is -2.09. The Kier molecular flexibility index (Phi) is 3.54. The van der Waals surface area contributed by atoms with Crippen molar-refractivity contribution in [3.63, 3.8) is 0 Å². The van der Waals surface area contributed by atoms with Gasteiger partial charge in [-0.1, -0.05) is 21.1 Å². The molecule has 0 aliphatic rings. The van der Waals surface area contributed by atoms with E-state index in [1.165, 1.54) is 0 Å². The van der Waals surface area contributed by atoms with Crippen molar-refractivity contribution in [1.82, 2.24) is 15.0 Å². The Hall–Kier alpha value is -1.20. The summed E-state index contributed by atoms with van der Waals surface area (Å²) in [6.07, 6.45) is 0. The molecular formula is C13H17BrN4. The standard InChI is InChI=1S/C13H17BrN4/c1-7-5-11(14)6-8(2)13(7)18-10(4)12(9(3)15)16-17-18/h5-6,9H,15H2,1-4H3. The van der Waals surface area contributed by atoms with E-state index in [-0.39, 0.29) is 6.04 Å². The van der Waals surface area contributed by atoms with E-state index in [0.717, 1.165) is 32.7 Å². The minimum Gasteiger partial charge on any atom is -0.323 e. The molecule has 0 spiro atoms. The quantitative estimate of drug-likeness (QED) is 0.928. The monoisotopic (exact) mass is 308 g/mol. The summed E-state index contributed by atoms with van der Waals surface area (Å²) in [6.45, 7) is 8.06. The molecule has 0 amide bonds. The lowest BCUT2D eigenvalue weighted by Gasteiger charge is -2.12. The highest BCUT2D eigenvalue weighted by Crippen LogP contribution is 2.25. The second-order valence-electron chi connectivity index (χ2n) is 4.65. The number of hydrogen-bond donors (Lipinski definition) is 1. The first kappa shape index (κ1) is 13.2. The highest BCUT2D eigenvalue weighted by molar-refractivity contribution is 9.10. The van der Waals surface area contributed by atoms with Crippen LogP contribution < -0.4 is 5.73 Å². The highest BCUT2D eigenvalue weighted by Gasteiger charge is 2.16. The zero-order chi connectivity index (χ0) is 13.4. The largest absolute Gasteiger partial charge is 0.323 e. The number of nitrogens with two attached hydrogens (primary N) is 1. The van der Waals surface area contributed by atoms with Crippen molar-refractivity contribution >= 4 is 15.9 Å². The molecular weight excluding hydrogens is 292 g/mol. The van der Waals surface area contributed by atoms with Gasteiger partial charge in [-0.2, -0.15) is 0 Å². The molecule has 0 saturated carbocycles. The number of aryl methyl sites for hydroxylation is 2. The number of aromatic nitrogens is 3. The summed E-state index contributed by atoms with van der Waals surface area (Å²) in [6, 6.07) is 4.05. The van der Waals surface area contributed by atoms with Crippen LogP contribution in [0.15, 0.2) is 16.6 Å². The van der Waals surface area contributed by atoms with Gasteiger partial charge in [-0.25, -0.2) is 4.68 Å². The van der Waals surface area contributed by atoms with E-state index in [4.69, 9.17) is 5.73 Å². The van der Waals surface area contributed by atoms with E-state index in [0.29, 0.717) is 0 Å². The van der Waals surface area contributed by atoms with Crippen LogP contribution in [-0.2, 0) is 0 Å². The Bertz CT molecular complexity index is 564. The normalized spacial score (nSPS) is 12.8. The Morgan fingerprint density at radius 2 is 1.78 bits per heavy atom. The summed E-state index contributed by atoms with van der Waals surface area (Å²) in [7, 11) is 0. The summed E-state index contributed by atoms with van der Waals surface area (Å²) >= 11 is 3.50. The van der Waals surface area contributed by atoms with Crippen LogP contribution >= 0.6 is 15.9 Å². The van der Waals surface area contributed by atoms with Crippen LogP contribution in [0.4, 0.5) is 0 Å². The SMILES string of the molecule is Cc1cc(Br)cc(C)c1-n1nnc(C(C)N)c1C. The molecule has 0 fully saturated rings. The molecule has 4 nitrogen and oxygen atoms in total. The van der Waals surface area contributed by atoms with Crippen molar-refractivity contribution in [2.75, 3.05) is 0 Å². The van der Waals surface area contributed by atoms with E-state index < -0.39 is 0 Å². The molecule has 0 saturated heterocycles. The van der Waals surface area contributed by atoms with Gasteiger partial charge in [0.2, 0.25) is 0 Å². The highest BCUT2D eigenvalue weighted by atomic mass is 79.9. The van der Waals surface area contributed by atoms with Crippen molar-refractivity contribution in [2.24, 2.45) is 5.73 Å². The maximum Gasteiger partial charge on any atom is 0.102 e. The van der Waals surface area contributed by atoms with Gasteiger partial charge in [0.25, 0.3) is 0 Å².